The summed E-state index contributed by atoms with van der Waals surface area (Å²) in [6.07, 6.45) is 0. The van der Waals surface area contributed by atoms with Gasteiger partial charge < -0.3 is 14.6 Å². The molecule has 1 saturated heterocycles. The van der Waals surface area contributed by atoms with Crippen molar-refractivity contribution in [3.05, 3.63) is 94.5 Å². The second-order valence-corrected chi connectivity index (χ2v) is 7.56. The minimum Gasteiger partial charge on any atom is -0.507 e. The lowest BCUT2D eigenvalue weighted by atomic mass is 9.94. The first kappa shape index (κ1) is 21.5. The summed E-state index contributed by atoms with van der Waals surface area (Å²) in [6, 6.07) is 19.4. The number of Topliss-reactive ketones (excluding diaryl/α,β-unsaturated/α-hetero) is 1. The zero-order valence-electron chi connectivity index (χ0n) is 17.4. The van der Waals surface area contributed by atoms with E-state index in [9.17, 15) is 14.7 Å². The van der Waals surface area contributed by atoms with Crippen molar-refractivity contribution in [3.63, 3.8) is 0 Å². The van der Waals surface area contributed by atoms with E-state index in [0.717, 1.165) is 0 Å². The highest BCUT2D eigenvalue weighted by Gasteiger charge is 2.48. The van der Waals surface area contributed by atoms with Gasteiger partial charge in [0.05, 0.1) is 25.8 Å². The number of nitrogens with zero attached hydrogens (tertiary/aromatic N) is 1. The molecule has 0 saturated carbocycles. The van der Waals surface area contributed by atoms with Crippen molar-refractivity contribution >= 4 is 34.7 Å². The quantitative estimate of drug-likeness (QED) is 0.337. The van der Waals surface area contributed by atoms with Gasteiger partial charge in [-0.25, -0.2) is 0 Å². The van der Waals surface area contributed by atoms with Gasteiger partial charge in [0.2, 0.25) is 0 Å². The predicted octanol–water partition coefficient (Wildman–Crippen LogP) is 4.98. The van der Waals surface area contributed by atoms with Crippen molar-refractivity contribution in [1.82, 2.24) is 0 Å². The number of hydrogen-bond acceptors (Lipinski definition) is 5. The van der Waals surface area contributed by atoms with E-state index in [-0.39, 0.29) is 11.3 Å². The second-order valence-electron chi connectivity index (χ2n) is 7.12. The maximum absolute atomic E-state index is 13.2. The van der Waals surface area contributed by atoms with Gasteiger partial charge in [-0.05, 0) is 36.4 Å². The number of ketones is 1. The molecular formula is C25H20ClNO5. The second kappa shape index (κ2) is 8.77. The number of ether oxygens (including phenoxy) is 2. The van der Waals surface area contributed by atoms with Crippen LogP contribution < -0.4 is 14.4 Å². The molecule has 0 aliphatic carbocycles. The van der Waals surface area contributed by atoms with Gasteiger partial charge in [0.25, 0.3) is 11.7 Å². The zero-order chi connectivity index (χ0) is 22.8. The summed E-state index contributed by atoms with van der Waals surface area (Å²) in [5, 5.41) is 11.5. The normalized spacial score (nSPS) is 17.5. The summed E-state index contributed by atoms with van der Waals surface area (Å²) >= 11 is 6.17. The molecule has 0 aromatic heterocycles. The number of hydrogen-bond donors (Lipinski definition) is 1. The first-order chi connectivity index (χ1) is 15.5. The summed E-state index contributed by atoms with van der Waals surface area (Å²) in [5.74, 6) is -0.912. The van der Waals surface area contributed by atoms with E-state index in [1.165, 1.54) is 19.1 Å². The molecule has 1 aliphatic heterocycles. The molecule has 1 unspecified atom stereocenters. The smallest absolute Gasteiger partial charge is 0.300 e. The lowest BCUT2D eigenvalue weighted by Gasteiger charge is -2.27. The third-order valence-corrected chi connectivity index (χ3v) is 5.54. The number of carbonyl (C=O) groups excluding carboxylic acids is 2. The Morgan fingerprint density at radius 1 is 0.938 bits per heavy atom. The molecular weight excluding hydrogens is 430 g/mol. The predicted molar refractivity (Wildman–Crippen MR) is 122 cm³/mol. The molecule has 0 radical (unpaired) electrons. The molecule has 32 heavy (non-hydrogen) atoms. The van der Waals surface area contributed by atoms with Gasteiger partial charge in [0.1, 0.15) is 17.3 Å². The molecule has 1 aliphatic rings. The van der Waals surface area contributed by atoms with Crippen LogP contribution in [0.1, 0.15) is 17.2 Å². The molecule has 0 spiro atoms. The number of anilines is 1. The van der Waals surface area contributed by atoms with Crippen LogP contribution in [0.3, 0.4) is 0 Å². The van der Waals surface area contributed by atoms with Gasteiger partial charge in [0, 0.05) is 21.8 Å². The van der Waals surface area contributed by atoms with Gasteiger partial charge in [0.15, 0.2) is 0 Å². The van der Waals surface area contributed by atoms with Gasteiger partial charge in [-0.2, -0.15) is 0 Å². The summed E-state index contributed by atoms with van der Waals surface area (Å²) in [7, 11) is 3.01. The zero-order valence-corrected chi connectivity index (χ0v) is 18.2. The highest BCUT2D eigenvalue weighted by molar-refractivity contribution is 6.51. The summed E-state index contributed by atoms with van der Waals surface area (Å²) in [5.41, 5.74) is 1.28. The van der Waals surface area contributed by atoms with Crippen LogP contribution in [0.25, 0.3) is 5.76 Å². The van der Waals surface area contributed by atoms with E-state index >= 15 is 0 Å². The number of halogens is 1. The van der Waals surface area contributed by atoms with Crippen LogP contribution in [-0.4, -0.2) is 31.0 Å². The number of carbonyl (C=O) groups is 2. The number of amides is 1. The standard InChI is InChI=1S/C25H20ClNO5/c1-31-18-11-12-20(32-2)19(14-18)22-21(23(28)15-7-4-3-5-8-15)24(29)25(30)27(22)17-10-6-9-16(26)13-17/h3-14,22,28H,1-2H3. The Kier molecular flexibility index (Phi) is 5.88. The molecule has 3 aromatic carbocycles. The average molecular weight is 450 g/mol. The van der Waals surface area contributed by atoms with Crippen LogP contribution in [0.15, 0.2) is 78.4 Å². The fraction of sp³-hybridized carbons (Fsp3) is 0.120. The van der Waals surface area contributed by atoms with Crippen LogP contribution in [0, 0.1) is 0 Å². The molecule has 7 heteroatoms. The minimum atomic E-state index is -0.960. The summed E-state index contributed by atoms with van der Waals surface area (Å²) in [6.45, 7) is 0. The number of methoxy groups -OCH3 is 2. The summed E-state index contributed by atoms with van der Waals surface area (Å²) in [4.78, 5) is 27.7. The molecule has 4 rings (SSSR count). The largest absolute Gasteiger partial charge is 0.507 e. The Hall–Kier alpha value is -3.77. The Morgan fingerprint density at radius 2 is 1.69 bits per heavy atom. The van der Waals surface area contributed by atoms with Crippen molar-refractivity contribution in [2.24, 2.45) is 0 Å². The molecule has 1 amide bonds. The number of benzene rings is 3. The SMILES string of the molecule is COc1ccc(OC)c(C2C(=C(O)c3ccccc3)C(=O)C(=O)N2c2cccc(Cl)c2)c1. The lowest BCUT2D eigenvalue weighted by molar-refractivity contribution is -0.132. The van der Waals surface area contributed by atoms with E-state index in [2.05, 4.69) is 0 Å². The van der Waals surface area contributed by atoms with Crippen LogP contribution in [0.5, 0.6) is 11.5 Å². The van der Waals surface area contributed by atoms with Crippen molar-refractivity contribution in [1.29, 1.82) is 0 Å². The van der Waals surface area contributed by atoms with Crippen molar-refractivity contribution in [2.45, 2.75) is 6.04 Å². The maximum Gasteiger partial charge on any atom is 0.300 e. The fourth-order valence-electron chi connectivity index (χ4n) is 3.82. The van der Waals surface area contributed by atoms with Crippen LogP contribution in [0.2, 0.25) is 5.02 Å². The molecule has 1 N–H and O–H groups in total. The molecule has 1 atom stereocenters. The fourth-order valence-corrected chi connectivity index (χ4v) is 4.01. The number of rotatable bonds is 5. The first-order valence-corrected chi connectivity index (χ1v) is 10.2. The van der Waals surface area contributed by atoms with Gasteiger partial charge in [-0.3, -0.25) is 14.5 Å². The number of aliphatic hydroxyl groups excluding tert-OH is 1. The van der Waals surface area contributed by atoms with Crippen molar-refractivity contribution < 1.29 is 24.2 Å². The van der Waals surface area contributed by atoms with Crippen LogP contribution in [-0.2, 0) is 9.59 Å². The van der Waals surface area contributed by atoms with E-state index in [4.69, 9.17) is 21.1 Å². The Labute approximate surface area is 190 Å². The molecule has 1 fully saturated rings. The first-order valence-electron chi connectivity index (χ1n) is 9.80. The Bertz CT molecular complexity index is 1220. The molecule has 6 nitrogen and oxygen atoms in total. The average Bonchev–Trinajstić information content (AvgIpc) is 3.09. The topological polar surface area (TPSA) is 76.1 Å². The van der Waals surface area contributed by atoms with Gasteiger partial charge >= 0.3 is 0 Å². The lowest BCUT2D eigenvalue weighted by Crippen LogP contribution is -2.29. The van der Waals surface area contributed by atoms with E-state index in [1.807, 2.05) is 0 Å². The third-order valence-electron chi connectivity index (χ3n) is 5.31. The van der Waals surface area contributed by atoms with E-state index < -0.39 is 17.7 Å². The maximum atomic E-state index is 13.2. The van der Waals surface area contributed by atoms with Gasteiger partial charge in [-0.15, -0.1) is 0 Å². The summed E-state index contributed by atoms with van der Waals surface area (Å²) < 4.78 is 10.9. The van der Waals surface area contributed by atoms with E-state index in [1.54, 1.807) is 72.8 Å². The molecule has 3 aromatic rings. The Morgan fingerprint density at radius 3 is 2.34 bits per heavy atom. The highest BCUT2D eigenvalue weighted by Crippen LogP contribution is 2.46. The van der Waals surface area contributed by atoms with Crippen molar-refractivity contribution in [3.8, 4) is 11.5 Å². The van der Waals surface area contributed by atoms with E-state index in [0.29, 0.717) is 33.3 Å². The molecule has 0 bridgehead atoms. The van der Waals surface area contributed by atoms with Crippen LogP contribution >= 0.6 is 11.6 Å². The minimum absolute atomic E-state index is 0.0484. The van der Waals surface area contributed by atoms with Crippen molar-refractivity contribution in [2.75, 3.05) is 19.1 Å². The number of aliphatic hydroxyl groups is 1. The molecule has 1 heterocycles. The third kappa shape index (κ3) is 3.69. The Balaban J connectivity index is 2.02. The van der Waals surface area contributed by atoms with Crippen LogP contribution in [0.4, 0.5) is 5.69 Å². The monoisotopic (exact) mass is 449 g/mol. The molecule has 162 valence electrons. The highest BCUT2D eigenvalue weighted by atomic mass is 35.5. The van der Waals surface area contributed by atoms with Gasteiger partial charge in [-0.1, -0.05) is 48.0 Å².